The maximum absolute atomic E-state index is 13.4. The Balaban J connectivity index is 1.44. The molecule has 0 saturated carbocycles. The van der Waals surface area contributed by atoms with E-state index in [1.54, 1.807) is 7.11 Å². The molecule has 1 saturated heterocycles. The van der Waals surface area contributed by atoms with E-state index in [9.17, 15) is 4.79 Å². The van der Waals surface area contributed by atoms with Crippen molar-refractivity contribution in [2.24, 2.45) is 5.92 Å². The fourth-order valence-electron chi connectivity index (χ4n) is 6.16. The number of nitrogens with zero attached hydrogens (tertiary/aromatic N) is 1. The first-order valence-electron chi connectivity index (χ1n) is 11.9. The van der Waals surface area contributed by atoms with Crippen molar-refractivity contribution in [2.75, 3.05) is 20.2 Å². The number of aromatic amines is 1. The summed E-state index contributed by atoms with van der Waals surface area (Å²) in [4.78, 5) is 19.2. The third kappa shape index (κ3) is 3.37. The van der Waals surface area contributed by atoms with Crippen LogP contribution in [0, 0.1) is 5.92 Å². The Bertz CT molecular complexity index is 1380. The second kappa shape index (κ2) is 8.31. The third-order valence-corrected chi connectivity index (χ3v) is 8.59. The average Bonchev–Trinajstić information content (AvgIpc) is 3.25. The van der Waals surface area contributed by atoms with Crippen LogP contribution in [0.25, 0.3) is 10.9 Å². The van der Waals surface area contributed by atoms with Gasteiger partial charge in [-0.2, -0.15) is 0 Å². The molecule has 2 heterocycles. The van der Waals surface area contributed by atoms with E-state index in [0.717, 1.165) is 48.1 Å². The minimum atomic E-state index is -0.0393. The summed E-state index contributed by atoms with van der Waals surface area (Å²) in [7, 11) is 1.73. The highest BCUT2D eigenvalue weighted by molar-refractivity contribution is 9.10. The summed E-state index contributed by atoms with van der Waals surface area (Å²) in [6.07, 6.45) is 2.82. The number of likely N-dealkylation sites (tertiary alicyclic amines) is 1. The lowest BCUT2D eigenvalue weighted by Gasteiger charge is -2.51. The first-order chi connectivity index (χ1) is 16.6. The molecule has 0 radical (unpaired) electrons. The lowest BCUT2D eigenvalue weighted by atomic mass is 9.58. The van der Waals surface area contributed by atoms with E-state index in [2.05, 4.69) is 62.2 Å². The number of rotatable bonds is 3. The minimum Gasteiger partial charge on any atom is -0.497 e. The Morgan fingerprint density at radius 2 is 1.91 bits per heavy atom. The molecule has 172 valence electrons. The van der Waals surface area contributed by atoms with Gasteiger partial charge in [0, 0.05) is 39.6 Å². The SMILES string of the molecule is COc1cccc(C23CCN(C(=O)c4ccccc4)CC2Cc2c([nH]c4c(Br)cccc24)C3)c1. The van der Waals surface area contributed by atoms with Gasteiger partial charge in [0.25, 0.3) is 5.91 Å². The summed E-state index contributed by atoms with van der Waals surface area (Å²) in [5.41, 5.74) is 5.93. The van der Waals surface area contributed by atoms with Gasteiger partial charge in [0.15, 0.2) is 0 Å². The Morgan fingerprint density at radius 1 is 1.09 bits per heavy atom. The standard InChI is InChI=1S/C29H27BrN2O2/c1-34-22-10-5-9-20(15-22)29-13-14-32(28(33)19-7-3-2-4-8-19)18-21(29)16-24-23-11-6-12-25(30)27(23)31-26(24)17-29/h2-12,15,21,31H,13-14,16-18H2,1H3. The molecule has 2 aliphatic rings. The molecule has 3 aromatic carbocycles. The maximum atomic E-state index is 13.4. The first kappa shape index (κ1) is 21.5. The van der Waals surface area contributed by atoms with Gasteiger partial charge in [-0.3, -0.25) is 4.79 Å². The van der Waals surface area contributed by atoms with Gasteiger partial charge in [0.1, 0.15) is 5.75 Å². The van der Waals surface area contributed by atoms with Gasteiger partial charge in [-0.15, -0.1) is 0 Å². The van der Waals surface area contributed by atoms with Crippen LogP contribution in [0.4, 0.5) is 0 Å². The topological polar surface area (TPSA) is 45.3 Å². The van der Waals surface area contributed by atoms with E-state index in [1.165, 1.54) is 27.7 Å². The fourth-order valence-corrected chi connectivity index (χ4v) is 6.63. The van der Waals surface area contributed by atoms with E-state index in [0.29, 0.717) is 5.92 Å². The molecule has 1 aliphatic carbocycles. The molecule has 0 spiro atoms. The Hall–Kier alpha value is -3.05. The van der Waals surface area contributed by atoms with Crippen molar-refractivity contribution in [3.05, 3.63) is 99.7 Å². The van der Waals surface area contributed by atoms with Gasteiger partial charge in [-0.1, -0.05) is 42.5 Å². The number of hydrogen-bond donors (Lipinski definition) is 1. The van der Waals surface area contributed by atoms with Crippen LogP contribution in [-0.2, 0) is 18.3 Å². The lowest BCUT2D eigenvalue weighted by Crippen LogP contribution is -2.55. The molecule has 4 aromatic rings. The van der Waals surface area contributed by atoms with Gasteiger partial charge in [-0.25, -0.2) is 0 Å². The third-order valence-electron chi connectivity index (χ3n) is 7.92. The summed E-state index contributed by atoms with van der Waals surface area (Å²) < 4.78 is 6.69. The van der Waals surface area contributed by atoms with Crippen molar-refractivity contribution < 1.29 is 9.53 Å². The van der Waals surface area contributed by atoms with Crippen LogP contribution >= 0.6 is 15.9 Å². The number of hydrogen-bond acceptors (Lipinski definition) is 2. The number of carbonyl (C=O) groups is 1. The Kier molecular flexibility index (Phi) is 5.25. The number of para-hydroxylation sites is 1. The van der Waals surface area contributed by atoms with Crippen molar-refractivity contribution in [2.45, 2.75) is 24.7 Å². The van der Waals surface area contributed by atoms with Crippen molar-refractivity contribution in [1.82, 2.24) is 9.88 Å². The van der Waals surface area contributed by atoms with Gasteiger partial charge in [-0.05, 0) is 82.6 Å². The van der Waals surface area contributed by atoms with Crippen LogP contribution in [-0.4, -0.2) is 36.0 Å². The molecule has 1 fully saturated rings. The normalized spacial score (nSPS) is 21.7. The second-order valence-electron chi connectivity index (χ2n) is 9.58. The average molecular weight is 515 g/mol. The molecule has 4 nitrogen and oxygen atoms in total. The van der Waals surface area contributed by atoms with Gasteiger partial charge < -0.3 is 14.6 Å². The van der Waals surface area contributed by atoms with Gasteiger partial charge >= 0.3 is 0 Å². The number of ether oxygens (including phenoxy) is 1. The molecule has 34 heavy (non-hydrogen) atoms. The Morgan fingerprint density at radius 3 is 2.74 bits per heavy atom. The summed E-state index contributed by atoms with van der Waals surface area (Å²) in [5, 5.41) is 1.29. The van der Waals surface area contributed by atoms with Gasteiger partial charge in [0.05, 0.1) is 12.6 Å². The van der Waals surface area contributed by atoms with Gasteiger partial charge in [0.2, 0.25) is 0 Å². The van der Waals surface area contributed by atoms with E-state index >= 15 is 0 Å². The number of benzene rings is 3. The summed E-state index contributed by atoms with van der Waals surface area (Å²) in [6.45, 7) is 1.51. The highest BCUT2D eigenvalue weighted by atomic mass is 79.9. The quantitative estimate of drug-likeness (QED) is 0.357. The highest BCUT2D eigenvalue weighted by Crippen LogP contribution is 2.50. The summed E-state index contributed by atoms with van der Waals surface area (Å²) in [5.74, 6) is 1.34. The van der Waals surface area contributed by atoms with Crippen LogP contribution in [0.5, 0.6) is 5.75 Å². The van der Waals surface area contributed by atoms with Crippen molar-refractivity contribution in [3.8, 4) is 5.75 Å². The number of aromatic nitrogens is 1. The van der Waals surface area contributed by atoms with Crippen LogP contribution < -0.4 is 4.74 Å². The zero-order valence-electron chi connectivity index (χ0n) is 19.2. The van der Waals surface area contributed by atoms with E-state index in [-0.39, 0.29) is 11.3 Å². The molecule has 0 bridgehead atoms. The van der Waals surface area contributed by atoms with E-state index in [1.807, 2.05) is 36.4 Å². The number of methoxy groups -OCH3 is 1. The summed E-state index contributed by atoms with van der Waals surface area (Å²) >= 11 is 3.73. The largest absolute Gasteiger partial charge is 0.497 e. The van der Waals surface area contributed by atoms with Crippen molar-refractivity contribution in [3.63, 3.8) is 0 Å². The maximum Gasteiger partial charge on any atom is 0.253 e. The number of amides is 1. The van der Waals surface area contributed by atoms with Crippen LogP contribution in [0.1, 0.15) is 33.6 Å². The lowest BCUT2D eigenvalue weighted by molar-refractivity contribution is 0.0501. The predicted octanol–water partition coefficient (Wildman–Crippen LogP) is 6.14. The minimum absolute atomic E-state index is 0.0393. The second-order valence-corrected chi connectivity index (χ2v) is 10.4. The number of nitrogens with one attached hydrogen (secondary N) is 1. The molecule has 6 rings (SSSR count). The highest BCUT2D eigenvalue weighted by Gasteiger charge is 2.49. The van der Waals surface area contributed by atoms with Crippen molar-refractivity contribution >= 4 is 32.7 Å². The first-order valence-corrected chi connectivity index (χ1v) is 12.6. The molecule has 1 amide bonds. The monoisotopic (exact) mass is 514 g/mol. The molecular weight excluding hydrogens is 488 g/mol. The molecular formula is C29H27BrN2O2. The smallest absolute Gasteiger partial charge is 0.253 e. The van der Waals surface area contributed by atoms with Crippen LogP contribution in [0.3, 0.4) is 0 Å². The van der Waals surface area contributed by atoms with Crippen LogP contribution in [0.15, 0.2) is 77.3 Å². The molecule has 1 aromatic heterocycles. The zero-order valence-corrected chi connectivity index (χ0v) is 20.8. The molecule has 1 aliphatic heterocycles. The number of H-pyrrole nitrogens is 1. The van der Waals surface area contributed by atoms with E-state index in [4.69, 9.17) is 4.74 Å². The number of piperidine rings is 1. The Labute approximate surface area is 208 Å². The van der Waals surface area contributed by atoms with Crippen molar-refractivity contribution in [1.29, 1.82) is 0 Å². The fraction of sp³-hybridized carbons (Fsp3) is 0.276. The molecule has 5 heteroatoms. The predicted molar refractivity (Wildman–Crippen MR) is 139 cm³/mol. The number of carbonyl (C=O) groups excluding carboxylic acids is 1. The summed E-state index contributed by atoms with van der Waals surface area (Å²) in [6, 6.07) is 24.6. The molecule has 1 N–H and O–H groups in total. The number of fused-ring (bicyclic) bond motifs is 4. The molecule has 2 unspecified atom stereocenters. The van der Waals surface area contributed by atoms with Crippen LogP contribution in [0.2, 0.25) is 0 Å². The zero-order chi connectivity index (χ0) is 23.3. The van der Waals surface area contributed by atoms with E-state index < -0.39 is 0 Å². The number of halogens is 1. The molecule has 2 atom stereocenters.